The molecule has 0 aromatic rings. The van der Waals surface area contributed by atoms with E-state index < -0.39 is 0 Å². The van der Waals surface area contributed by atoms with Crippen molar-refractivity contribution in [3.05, 3.63) is 0 Å². The van der Waals surface area contributed by atoms with Crippen LogP contribution in [0.25, 0.3) is 0 Å². The first-order valence-electron chi connectivity index (χ1n) is 48.3. The van der Waals surface area contributed by atoms with E-state index in [1.807, 2.05) is 0 Å². The van der Waals surface area contributed by atoms with Crippen LogP contribution in [0.1, 0.15) is 662 Å². The van der Waals surface area contributed by atoms with Crippen molar-refractivity contribution >= 4 is 0 Å². The van der Waals surface area contributed by atoms with Gasteiger partial charge >= 0.3 is 0 Å². The molecule has 0 aliphatic rings. The molecule has 2 N–H and O–H groups in total. The zero-order valence-electron chi connectivity index (χ0n) is 82.9. The maximum atomic E-state index is 2.21. The molecule has 0 radical (unpaired) electrons. The fraction of sp³-hybridized carbons (Fsp3) is 1.00. The SMILES string of the molecule is CCCCC.CCCCC.CCCCC.CCCCC.CCCCC.CCCCC.CCCCC.CCCCC.CCCCC.CCCCC.CCCCC.CCCCC.CCCCC.CCCCC.CCCCC.CCCCC.CCCCC.CCCCC.CCCCC.CCCCC.O. The van der Waals surface area contributed by atoms with Gasteiger partial charge in [0.15, 0.2) is 0 Å². The maximum Gasteiger partial charge on any atom is -0.0538 e. The maximum absolute atomic E-state index is 2.21. The minimum atomic E-state index is 0. The lowest BCUT2D eigenvalue weighted by Crippen LogP contribution is -1.59. The molecule has 648 valence electrons. The summed E-state index contributed by atoms with van der Waals surface area (Å²) in [5.74, 6) is 0. The summed E-state index contributed by atoms with van der Waals surface area (Å²) in [6.45, 7) is 88.5. The smallest absolute Gasteiger partial charge is 0.0538 e. The first kappa shape index (κ1) is 158. The van der Waals surface area contributed by atoms with Crippen molar-refractivity contribution in [3.8, 4) is 0 Å². The summed E-state index contributed by atoms with van der Waals surface area (Å²) in [5.41, 5.74) is 0. The highest BCUT2D eigenvalue weighted by molar-refractivity contribution is 4.33. The second-order valence-electron chi connectivity index (χ2n) is 27.1. The van der Waals surface area contributed by atoms with Crippen molar-refractivity contribution in [2.75, 3.05) is 0 Å². The Morgan fingerprint density at radius 1 is 0.0594 bits per heavy atom. The van der Waals surface area contributed by atoms with E-state index in [-0.39, 0.29) is 5.48 Å². The Balaban J connectivity index is -0.0000000351. The zero-order valence-corrected chi connectivity index (χ0v) is 82.9. The van der Waals surface area contributed by atoms with Gasteiger partial charge in [0.25, 0.3) is 0 Å². The van der Waals surface area contributed by atoms with Gasteiger partial charge < -0.3 is 5.48 Å². The number of hydrogen-bond donors (Lipinski definition) is 0. The van der Waals surface area contributed by atoms with Crippen LogP contribution in [0.15, 0.2) is 0 Å². The van der Waals surface area contributed by atoms with Crippen molar-refractivity contribution in [2.24, 2.45) is 0 Å². The summed E-state index contributed by atoms with van der Waals surface area (Å²) in [6.07, 6.45) is 81.5. The molecule has 0 aromatic carbocycles. The van der Waals surface area contributed by atoms with E-state index in [1.165, 1.54) is 385 Å². The van der Waals surface area contributed by atoms with Crippen LogP contribution in [-0.4, -0.2) is 5.48 Å². The molecular weight excluding hydrogens is 1220 g/mol. The molecule has 0 aromatic heterocycles. The van der Waals surface area contributed by atoms with Gasteiger partial charge in [-0.15, -0.1) is 0 Å². The van der Waals surface area contributed by atoms with Crippen LogP contribution >= 0.6 is 0 Å². The average molecular weight is 1460 g/mol. The van der Waals surface area contributed by atoms with E-state index in [9.17, 15) is 0 Å². The average Bonchev–Trinajstić information content (AvgIpc) is 3.61. The molecule has 0 spiro atoms. The van der Waals surface area contributed by atoms with Gasteiger partial charge in [0.2, 0.25) is 0 Å². The first-order valence-corrected chi connectivity index (χ1v) is 48.3. The normalized spacial score (nSPS) is 8.32. The second kappa shape index (κ2) is 272. The van der Waals surface area contributed by atoms with Gasteiger partial charge in [-0.1, -0.05) is 662 Å². The van der Waals surface area contributed by atoms with Gasteiger partial charge in [-0.3, -0.25) is 0 Å². The topological polar surface area (TPSA) is 31.5 Å². The standard InChI is InChI=1S/20C5H12.H2O/c20*1-3-5-4-2;/h20*3-5H2,1-2H3;1H2. The lowest BCUT2D eigenvalue weighted by atomic mass is 10.3. The van der Waals surface area contributed by atoms with E-state index in [4.69, 9.17) is 0 Å². The molecule has 0 unspecified atom stereocenters. The van der Waals surface area contributed by atoms with Gasteiger partial charge in [0.05, 0.1) is 0 Å². The van der Waals surface area contributed by atoms with Gasteiger partial charge in [-0.05, 0) is 0 Å². The van der Waals surface area contributed by atoms with Crippen LogP contribution < -0.4 is 0 Å². The summed E-state index contributed by atoms with van der Waals surface area (Å²) in [5, 5.41) is 0. The van der Waals surface area contributed by atoms with Crippen molar-refractivity contribution in [2.45, 2.75) is 662 Å². The van der Waals surface area contributed by atoms with E-state index >= 15 is 0 Å². The van der Waals surface area contributed by atoms with Crippen molar-refractivity contribution < 1.29 is 5.48 Å². The third kappa shape index (κ3) is 601. The van der Waals surface area contributed by atoms with Gasteiger partial charge in [0, 0.05) is 0 Å². The molecule has 0 saturated heterocycles. The van der Waals surface area contributed by atoms with Crippen LogP contribution in [0, 0.1) is 0 Å². The largest absolute Gasteiger partial charge is 0.412 e. The lowest BCUT2D eigenvalue weighted by Gasteiger charge is -1.79. The predicted octanol–water partition coefficient (Wildman–Crippen LogP) is 43.1. The Kier molecular flexibility index (Phi) is 425. The number of hydrogen-bond acceptors (Lipinski definition) is 0. The van der Waals surface area contributed by atoms with Crippen molar-refractivity contribution in [3.63, 3.8) is 0 Å². The summed E-state index contributed by atoms with van der Waals surface area (Å²) in [6, 6.07) is 0. The zero-order chi connectivity index (χ0) is 82.4. The highest BCUT2D eigenvalue weighted by atomic mass is 16.0. The predicted molar refractivity (Wildman–Crippen MR) is 508 cm³/mol. The van der Waals surface area contributed by atoms with E-state index in [2.05, 4.69) is 277 Å². The Labute approximate surface area is 663 Å². The molecule has 0 rings (SSSR count). The minimum Gasteiger partial charge on any atom is -0.412 e. The molecular formula is C100H242O. The van der Waals surface area contributed by atoms with Crippen LogP contribution in [0.4, 0.5) is 0 Å². The fourth-order valence-electron chi connectivity index (χ4n) is 7.07. The fourth-order valence-corrected chi connectivity index (χ4v) is 7.07. The molecule has 1 nitrogen and oxygen atoms in total. The molecule has 1 heteroatoms. The van der Waals surface area contributed by atoms with Gasteiger partial charge in [-0.25, -0.2) is 0 Å². The summed E-state index contributed by atoms with van der Waals surface area (Å²) in [4.78, 5) is 0. The van der Waals surface area contributed by atoms with Crippen LogP contribution in [0.5, 0.6) is 0 Å². The summed E-state index contributed by atoms with van der Waals surface area (Å²) >= 11 is 0. The second-order valence-corrected chi connectivity index (χ2v) is 27.1. The highest BCUT2D eigenvalue weighted by Gasteiger charge is 1.77. The van der Waals surface area contributed by atoms with Crippen molar-refractivity contribution in [1.82, 2.24) is 0 Å². The first-order chi connectivity index (χ1) is 48.3. The molecule has 0 saturated carbocycles. The van der Waals surface area contributed by atoms with E-state index in [0.717, 1.165) is 0 Å². The van der Waals surface area contributed by atoms with Gasteiger partial charge in [0.1, 0.15) is 0 Å². The van der Waals surface area contributed by atoms with Gasteiger partial charge in [-0.2, -0.15) is 0 Å². The van der Waals surface area contributed by atoms with E-state index in [1.54, 1.807) is 0 Å². The molecule has 0 fully saturated rings. The Morgan fingerprint density at radius 2 is 0.0792 bits per heavy atom. The Hall–Kier alpha value is -0.0400. The quantitative estimate of drug-likeness (QED) is 0.0586. The van der Waals surface area contributed by atoms with Crippen LogP contribution in [-0.2, 0) is 0 Å². The monoisotopic (exact) mass is 1460 g/mol. The molecule has 0 amide bonds. The third-order valence-electron chi connectivity index (χ3n) is 14.1. The molecule has 0 aliphatic carbocycles. The molecule has 0 atom stereocenters. The minimum absolute atomic E-state index is 0. The van der Waals surface area contributed by atoms with Crippen LogP contribution in [0.3, 0.4) is 0 Å². The Bertz CT molecular complexity index is 418. The van der Waals surface area contributed by atoms with E-state index in [0.29, 0.717) is 0 Å². The molecule has 101 heavy (non-hydrogen) atoms. The summed E-state index contributed by atoms with van der Waals surface area (Å²) in [7, 11) is 0. The molecule has 0 bridgehead atoms. The Morgan fingerprint density at radius 3 is 0.0792 bits per heavy atom. The van der Waals surface area contributed by atoms with Crippen molar-refractivity contribution in [1.29, 1.82) is 0 Å². The molecule has 0 heterocycles. The molecule has 0 aliphatic heterocycles. The summed E-state index contributed by atoms with van der Waals surface area (Å²) < 4.78 is 0. The number of unbranched alkanes of at least 4 members (excludes halogenated alkanes) is 40. The third-order valence-corrected chi connectivity index (χ3v) is 14.1. The number of rotatable bonds is 40. The lowest BCUT2D eigenvalue weighted by molar-refractivity contribution is 0.772. The van der Waals surface area contributed by atoms with Crippen LogP contribution in [0.2, 0.25) is 0 Å². The highest BCUT2D eigenvalue weighted by Crippen LogP contribution is 1.97.